The summed E-state index contributed by atoms with van der Waals surface area (Å²) in [6, 6.07) is 0. The van der Waals surface area contributed by atoms with Crippen molar-refractivity contribution in [2.75, 3.05) is 6.61 Å². The minimum atomic E-state index is 0.195. The summed E-state index contributed by atoms with van der Waals surface area (Å²) < 4.78 is 5.69. The van der Waals surface area contributed by atoms with Gasteiger partial charge in [0.1, 0.15) is 0 Å². The van der Waals surface area contributed by atoms with Crippen LogP contribution in [0.25, 0.3) is 0 Å². The Hall–Kier alpha value is -0.560. The fraction of sp³-hybridized carbons (Fsp3) is 0.714. The first kappa shape index (κ1) is 12.5. The molecule has 0 saturated heterocycles. The molecule has 1 atom stereocenters. The van der Waals surface area contributed by atoms with Gasteiger partial charge in [0, 0.05) is 0 Å². The minimum Gasteiger partial charge on any atom is -0.369 e. The Labute approximate surface area is 94.2 Å². The molecule has 86 valence electrons. The maximum Gasteiger partial charge on any atom is 0.0966 e. The molecule has 0 radical (unpaired) electrons. The molecular weight excluding hydrogens is 184 g/mol. The number of ether oxygens (including phenoxy) is 1. The van der Waals surface area contributed by atoms with E-state index in [2.05, 4.69) is 26.5 Å². The summed E-state index contributed by atoms with van der Waals surface area (Å²) in [6.07, 6.45) is 9.85. The Morgan fingerprint density at radius 1 is 1.47 bits per heavy atom. The molecule has 0 aliphatic carbocycles. The molecule has 15 heavy (non-hydrogen) atoms. The molecule has 1 unspecified atom stereocenters. The third-order valence-electron chi connectivity index (χ3n) is 2.98. The van der Waals surface area contributed by atoms with Gasteiger partial charge >= 0.3 is 0 Å². The highest BCUT2D eigenvalue weighted by Crippen LogP contribution is 2.21. The van der Waals surface area contributed by atoms with Crippen molar-refractivity contribution in [3.8, 4) is 0 Å². The van der Waals surface area contributed by atoms with Crippen molar-refractivity contribution in [1.29, 1.82) is 0 Å². The van der Waals surface area contributed by atoms with E-state index in [0.717, 1.165) is 19.4 Å². The van der Waals surface area contributed by atoms with Crippen molar-refractivity contribution in [3.63, 3.8) is 0 Å². The fourth-order valence-corrected chi connectivity index (χ4v) is 1.89. The highest BCUT2D eigenvalue weighted by atomic mass is 16.5. The van der Waals surface area contributed by atoms with E-state index in [1.807, 2.05) is 0 Å². The molecule has 1 rings (SSSR count). The second-order valence-corrected chi connectivity index (χ2v) is 4.52. The largest absolute Gasteiger partial charge is 0.369 e. The van der Waals surface area contributed by atoms with Crippen LogP contribution in [0.15, 0.2) is 23.8 Å². The summed E-state index contributed by atoms with van der Waals surface area (Å²) >= 11 is 0. The maximum absolute atomic E-state index is 5.69. The van der Waals surface area contributed by atoms with Gasteiger partial charge in [-0.05, 0) is 31.8 Å². The lowest BCUT2D eigenvalue weighted by molar-refractivity contribution is 0.0975. The van der Waals surface area contributed by atoms with Gasteiger partial charge in [0.2, 0.25) is 0 Å². The lowest BCUT2D eigenvalue weighted by atomic mass is 9.99. The quantitative estimate of drug-likeness (QED) is 0.468. The highest BCUT2D eigenvalue weighted by Gasteiger charge is 2.14. The molecule has 0 N–H and O–H groups in total. The van der Waals surface area contributed by atoms with E-state index in [9.17, 15) is 0 Å². The molecule has 0 aromatic carbocycles. The molecule has 0 saturated carbocycles. The minimum absolute atomic E-state index is 0.195. The van der Waals surface area contributed by atoms with Crippen LogP contribution in [0.1, 0.15) is 52.4 Å². The van der Waals surface area contributed by atoms with Crippen LogP contribution < -0.4 is 0 Å². The molecule has 0 spiro atoms. The van der Waals surface area contributed by atoms with Crippen LogP contribution in [0.4, 0.5) is 0 Å². The van der Waals surface area contributed by atoms with E-state index < -0.39 is 0 Å². The Balaban J connectivity index is 2.24. The molecule has 1 aliphatic heterocycles. The van der Waals surface area contributed by atoms with Gasteiger partial charge in [-0.3, -0.25) is 0 Å². The Bertz CT molecular complexity index is 227. The zero-order chi connectivity index (χ0) is 11.1. The average molecular weight is 208 g/mol. The Kier molecular flexibility index (Phi) is 5.70. The van der Waals surface area contributed by atoms with Crippen molar-refractivity contribution in [2.24, 2.45) is 0 Å². The van der Waals surface area contributed by atoms with Crippen LogP contribution in [0, 0.1) is 0 Å². The molecule has 1 aliphatic rings. The summed E-state index contributed by atoms with van der Waals surface area (Å²) in [5.74, 6) is 0. The van der Waals surface area contributed by atoms with Crippen LogP contribution in [-0.2, 0) is 4.74 Å². The van der Waals surface area contributed by atoms with E-state index in [0.29, 0.717) is 0 Å². The zero-order valence-electron chi connectivity index (χ0n) is 10.2. The first-order valence-corrected chi connectivity index (χ1v) is 6.20. The Morgan fingerprint density at radius 2 is 2.27 bits per heavy atom. The topological polar surface area (TPSA) is 9.23 Å². The van der Waals surface area contributed by atoms with Gasteiger partial charge in [-0.2, -0.15) is 0 Å². The number of hydrogen-bond acceptors (Lipinski definition) is 1. The second kappa shape index (κ2) is 6.84. The van der Waals surface area contributed by atoms with Gasteiger partial charge < -0.3 is 4.74 Å². The number of hydrogen-bond donors (Lipinski definition) is 0. The third-order valence-corrected chi connectivity index (χ3v) is 2.98. The summed E-state index contributed by atoms with van der Waals surface area (Å²) in [6.45, 7) is 9.42. The lowest BCUT2D eigenvalue weighted by Crippen LogP contribution is -2.18. The number of rotatable bonds is 6. The molecule has 1 nitrogen and oxygen atoms in total. The molecule has 0 amide bonds. The Morgan fingerprint density at radius 3 is 2.93 bits per heavy atom. The maximum atomic E-state index is 5.69. The van der Waals surface area contributed by atoms with Gasteiger partial charge in [0.15, 0.2) is 0 Å². The van der Waals surface area contributed by atoms with Gasteiger partial charge in [0.05, 0.1) is 12.7 Å². The van der Waals surface area contributed by atoms with Gasteiger partial charge in [-0.15, -0.1) is 0 Å². The number of unbranched alkanes of at least 4 members (excludes halogenated alkanes) is 3. The lowest BCUT2D eigenvalue weighted by Gasteiger charge is -2.22. The molecular formula is C14H24O. The van der Waals surface area contributed by atoms with Crippen LogP contribution in [0.3, 0.4) is 0 Å². The zero-order valence-corrected chi connectivity index (χ0v) is 10.2. The van der Waals surface area contributed by atoms with Crippen molar-refractivity contribution in [3.05, 3.63) is 23.8 Å². The normalized spacial score (nSPS) is 21.2. The SMILES string of the molecule is C=C(CCCCCC)C1C=C(C)CCO1. The van der Waals surface area contributed by atoms with Gasteiger partial charge in [-0.1, -0.05) is 44.4 Å². The van der Waals surface area contributed by atoms with E-state index in [1.165, 1.54) is 36.8 Å². The van der Waals surface area contributed by atoms with Crippen LogP contribution in [0.5, 0.6) is 0 Å². The standard InChI is InChI=1S/C14H24O/c1-4-5-6-7-8-13(3)14-11-12(2)9-10-15-14/h11,14H,3-10H2,1-2H3. The smallest absolute Gasteiger partial charge is 0.0966 e. The predicted molar refractivity (Wildman–Crippen MR) is 66.0 cm³/mol. The third kappa shape index (κ3) is 4.65. The van der Waals surface area contributed by atoms with Crippen LogP contribution in [-0.4, -0.2) is 12.7 Å². The van der Waals surface area contributed by atoms with E-state index in [1.54, 1.807) is 0 Å². The van der Waals surface area contributed by atoms with E-state index in [4.69, 9.17) is 4.74 Å². The van der Waals surface area contributed by atoms with Gasteiger partial charge in [-0.25, -0.2) is 0 Å². The molecule has 0 bridgehead atoms. The summed E-state index contributed by atoms with van der Waals surface area (Å²) in [5.41, 5.74) is 2.70. The monoisotopic (exact) mass is 208 g/mol. The summed E-state index contributed by atoms with van der Waals surface area (Å²) in [7, 11) is 0. The van der Waals surface area contributed by atoms with E-state index in [-0.39, 0.29) is 6.10 Å². The second-order valence-electron chi connectivity index (χ2n) is 4.52. The predicted octanol–water partition coefficient (Wildman–Crippen LogP) is 4.25. The summed E-state index contributed by atoms with van der Waals surface area (Å²) in [5, 5.41) is 0. The van der Waals surface area contributed by atoms with Crippen molar-refractivity contribution < 1.29 is 4.74 Å². The van der Waals surface area contributed by atoms with Gasteiger partial charge in [0.25, 0.3) is 0 Å². The molecule has 0 aromatic rings. The van der Waals surface area contributed by atoms with Crippen LogP contribution >= 0.6 is 0 Å². The van der Waals surface area contributed by atoms with Crippen molar-refractivity contribution >= 4 is 0 Å². The first-order valence-electron chi connectivity index (χ1n) is 6.20. The molecule has 0 fully saturated rings. The molecule has 0 aromatic heterocycles. The summed E-state index contributed by atoms with van der Waals surface area (Å²) in [4.78, 5) is 0. The van der Waals surface area contributed by atoms with Crippen molar-refractivity contribution in [1.82, 2.24) is 0 Å². The van der Waals surface area contributed by atoms with Crippen molar-refractivity contribution in [2.45, 2.75) is 58.5 Å². The average Bonchev–Trinajstić information content (AvgIpc) is 2.24. The molecule has 1 heteroatoms. The highest BCUT2D eigenvalue weighted by molar-refractivity contribution is 5.17. The van der Waals surface area contributed by atoms with E-state index >= 15 is 0 Å². The first-order chi connectivity index (χ1) is 7.24. The van der Waals surface area contributed by atoms with Crippen LogP contribution in [0.2, 0.25) is 0 Å². The molecule has 1 heterocycles. The fourth-order valence-electron chi connectivity index (χ4n) is 1.89.